The highest BCUT2D eigenvalue weighted by atomic mass is 79.9. The van der Waals surface area contributed by atoms with Gasteiger partial charge in [0, 0.05) is 23.5 Å². The van der Waals surface area contributed by atoms with E-state index >= 15 is 0 Å². The zero-order valence-electron chi connectivity index (χ0n) is 6.42. The molecule has 1 fully saturated rings. The Morgan fingerprint density at radius 1 is 1.50 bits per heavy atom. The first kappa shape index (κ1) is 7.75. The average molecular weight is 223 g/mol. The quantitative estimate of drug-likeness (QED) is 0.669. The van der Waals surface area contributed by atoms with Crippen LogP contribution < -0.4 is 0 Å². The van der Waals surface area contributed by atoms with E-state index in [1.54, 1.807) is 6.20 Å². The van der Waals surface area contributed by atoms with Crippen LogP contribution in [0.4, 0.5) is 0 Å². The van der Waals surface area contributed by atoms with Gasteiger partial charge in [0.05, 0.1) is 0 Å². The normalized spacial score (nSPS) is 18.3. The van der Waals surface area contributed by atoms with Gasteiger partial charge in [-0.1, -0.05) is 0 Å². The lowest BCUT2D eigenvalue weighted by Gasteiger charge is -2.00. The molecule has 2 rings (SSSR count). The van der Waals surface area contributed by atoms with Crippen molar-refractivity contribution in [3.05, 3.63) is 39.9 Å². The molecule has 60 valence electrons. The summed E-state index contributed by atoms with van der Waals surface area (Å²) in [7, 11) is 0. The molecule has 1 aromatic rings. The van der Waals surface area contributed by atoms with Crippen molar-refractivity contribution in [1.29, 1.82) is 0 Å². The molecule has 1 heterocycles. The van der Waals surface area contributed by atoms with Crippen LogP contribution in [0.1, 0.15) is 18.5 Å². The average Bonchev–Trinajstić information content (AvgIpc) is 2.86. The Morgan fingerprint density at radius 3 is 2.67 bits per heavy atom. The molecule has 1 aliphatic carbocycles. The summed E-state index contributed by atoms with van der Waals surface area (Å²) in [4.78, 5) is 7.83. The Bertz CT molecular complexity index is 333. The highest BCUT2D eigenvalue weighted by molar-refractivity contribution is 9.10. The zero-order chi connectivity index (χ0) is 8.60. The maximum absolute atomic E-state index is 7.03. The van der Waals surface area contributed by atoms with Crippen LogP contribution in [-0.4, -0.2) is 4.98 Å². The van der Waals surface area contributed by atoms with E-state index in [0.717, 1.165) is 23.0 Å². The van der Waals surface area contributed by atoms with E-state index < -0.39 is 0 Å². The van der Waals surface area contributed by atoms with Crippen molar-refractivity contribution in [1.82, 2.24) is 4.98 Å². The summed E-state index contributed by atoms with van der Waals surface area (Å²) in [5.74, 6) is 0. The van der Waals surface area contributed by atoms with E-state index in [2.05, 4.69) is 25.8 Å². The van der Waals surface area contributed by atoms with Crippen molar-refractivity contribution >= 4 is 15.9 Å². The molecule has 0 N–H and O–H groups in total. The first-order valence-corrected chi connectivity index (χ1v) is 4.57. The van der Waals surface area contributed by atoms with Crippen molar-refractivity contribution in [3.8, 4) is 0 Å². The van der Waals surface area contributed by atoms with Crippen LogP contribution in [0.15, 0.2) is 22.8 Å². The molecule has 1 saturated carbocycles. The lowest BCUT2D eigenvalue weighted by molar-refractivity contribution is 0.832. The number of halogens is 1. The minimum atomic E-state index is -0.263. The Kier molecular flexibility index (Phi) is 1.66. The van der Waals surface area contributed by atoms with E-state index in [0.29, 0.717) is 0 Å². The third-order valence-corrected chi connectivity index (χ3v) is 2.61. The van der Waals surface area contributed by atoms with Gasteiger partial charge in [0.1, 0.15) is 5.69 Å². The van der Waals surface area contributed by atoms with Gasteiger partial charge in [-0.05, 0) is 28.1 Å². The molecule has 0 atom stereocenters. The Labute approximate surface area is 79.6 Å². The second-order valence-corrected chi connectivity index (χ2v) is 3.92. The van der Waals surface area contributed by atoms with Crippen molar-refractivity contribution in [2.75, 3.05) is 0 Å². The fourth-order valence-corrected chi connectivity index (χ4v) is 1.43. The third-order valence-electron chi connectivity index (χ3n) is 2.14. The van der Waals surface area contributed by atoms with Crippen LogP contribution in [0.3, 0.4) is 0 Å². The Hall–Kier alpha value is -0.880. The highest BCUT2D eigenvalue weighted by Crippen LogP contribution is 2.48. The summed E-state index contributed by atoms with van der Waals surface area (Å²) in [5, 5.41) is 0. The van der Waals surface area contributed by atoms with Gasteiger partial charge < -0.3 is 4.85 Å². The number of pyridine rings is 1. The standard InChI is InChI=1S/C9H7BrN2/c1-11-9(4-5-9)8-3-2-7(10)6-12-8/h2-3,6H,4-5H2. The molecule has 0 bridgehead atoms. The number of nitrogens with zero attached hydrogens (tertiary/aromatic N) is 2. The van der Waals surface area contributed by atoms with Crippen LogP contribution in [-0.2, 0) is 5.54 Å². The molecule has 12 heavy (non-hydrogen) atoms. The molecular formula is C9H7BrN2. The van der Waals surface area contributed by atoms with Gasteiger partial charge in [0.2, 0.25) is 0 Å². The summed E-state index contributed by atoms with van der Waals surface area (Å²) in [6.45, 7) is 7.03. The van der Waals surface area contributed by atoms with Crippen LogP contribution in [0, 0.1) is 6.57 Å². The fourth-order valence-electron chi connectivity index (χ4n) is 1.19. The largest absolute Gasteiger partial charge is 0.303 e. The van der Waals surface area contributed by atoms with Gasteiger partial charge in [-0.2, -0.15) is 0 Å². The van der Waals surface area contributed by atoms with Crippen LogP contribution in [0.5, 0.6) is 0 Å². The van der Waals surface area contributed by atoms with E-state index in [9.17, 15) is 0 Å². The van der Waals surface area contributed by atoms with Crippen LogP contribution in [0.2, 0.25) is 0 Å². The Balaban J connectivity index is 2.37. The predicted octanol–water partition coefficient (Wildman–Crippen LogP) is 2.75. The van der Waals surface area contributed by atoms with Gasteiger partial charge in [-0.15, -0.1) is 0 Å². The number of rotatable bonds is 1. The van der Waals surface area contributed by atoms with E-state index in [-0.39, 0.29) is 5.54 Å². The summed E-state index contributed by atoms with van der Waals surface area (Å²) < 4.78 is 0.965. The van der Waals surface area contributed by atoms with Gasteiger partial charge in [-0.25, -0.2) is 6.57 Å². The molecule has 3 heteroatoms. The smallest absolute Gasteiger partial charge is 0.274 e. The minimum absolute atomic E-state index is 0.263. The maximum Gasteiger partial charge on any atom is 0.274 e. The first-order chi connectivity index (χ1) is 5.77. The molecule has 1 aliphatic rings. The van der Waals surface area contributed by atoms with E-state index in [1.807, 2.05) is 12.1 Å². The van der Waals surface area contributed by atoms with Crippen molar-refractivity contribution in [2.24, 2.45) is 0 Å². The zero-order valence-corrected chi connectivity index (χ0v) is 8.00. The summed E-state index contributed by atoms with van der Waals surface area (Å²) in [6, 6.07) is 3.86. The number of aromatic nitrogens is 1. The summed E-state index contributed by atoms with van der Waals surface area (Å²) >= 11 is 3.31. The van der Waals surface area contributed by atoms with E-state index in [4.69, 9.17) is 6.57 Å². The lowest BCUT2D eigenvalue weighted by Crippen LogP contribution is -2.01. The van der Waals surface area contributed by atoms with Gasteiger partial charge in [0.25, 0.3) is 5.54 Å². The molecule has 1 aromatic heterocycles. The van der Waals surface area contributed by atoms with E-state index in [1.165, 1.54) is 0 Å². The molecule has 0 amide bonds. The molecule has 2 nitrogen and oxygen atoms in total. The SMILES string of the molecule is [C-]#[N+]C1(c2ccc(Br)cn2)CC1. The van der Waals surface area contributed by atoms with Crippen LogP contribution in [0.25, 0.3) is 4.85 Å². The minimum Gasteiger partial charge on any atom is -0.303 e. The molecule has 0 unspecified atom stereocenters. The second-order valence-electron chi connectivity index (χ2n) is 3.01. The van der Waals surface area contributed by atoms with Gasteiger partial charge in [0.15, 0.2) is 0 Å². The molecular weight excluding hydrogens is 216 g/mol. The fraction of sp³-hybridized carbons (Fsp3) is 0.333. The lowest BCUT2D eigenvalue weighted by atomic mass is 10.2. The second kappa shape index (κ2) is 2.56. The third kappa shape index (κ3) is 1.12. The maximum atomic E-state index is 7.03. The Morgan fingerprint density at radius 2 is 2.25 bits per heavy atom. The van der Waals surface area contributed by atoms with Crippen molar-refractivity contribution in [3.63, 3.8) is 0 Å². The molecule has 0 aliphatic heterocycles. The molecule has 0 spiro atoms. The highest BCUT2D eigenvalue weighted by Gasteiger charge is 2.53. The molecule has 0 aromatic carbocycles. The van der Waals surface area contributed by atoms with Crippen molar-refractivity contribution in [2.45, 2.75) is 18.4 Å². The van der Waals surface area contributed by atoms with Gasteiger partial charge in [-0.3, -0.25) is 4.98 Å². The monoisotopic (exact) mass is 222 g/mol. The predicted molar refractivity (Wildman–Crippen MR) is 49.5 cm³/mol. The summed E-state index contributed by atoms with van der Waals surface area (Å²) in [5.41, 5.74) is 0.654. The first-order valence-electron chi connectivity index (χ1n) is 3.77. The van der Waals surface area contributed by atoms with Gasteiger partial charge >= 0.3 is 0 Å². The number of hydrogen-bond donors (Lipinski definition) is 0. The van der Waals surface area contributed by atoms with Crippen molar-refractivity contribution < 1.29 is 0 Å². The van der Waals surface area contributed by atoms with Crippen LogP contribution >= 0.6 is 15.9 Å². The summed E-state index contributed by atoms with van der Waals surface area (Å²) in [6.07, 6.45) is 3.68. The molecule has 0 radical (unpaired) electrons. The topological polar surface area (TPSA) is 17.2 Å². The molecule has 0 saturated heterocycles. The number of hydrogen-bond acceptors (Lipinski definition) is 1.